The van der Waals surface area contributed by atoms with Crippen molar-refractivity contribution < 1.29 is 9.53 Å². The number of esters is 1. The van der Waals surface area contributed by atoms with Crippen molar-refractivity contribution in [2.75, 3.05) is 7.11 Å². The minimum absolute atomic E-state index is 0.0960. The molecule has 0 aliphatic heterocycles. The van der Waals surface area contributed by atoms with Crippen molar-refractivity contribution in [1.29, 1.82) is 0 Å². The molecule has 0 amide bonds. The molecule has 1 saturated carbocycles. The first-order valence-corrected chi connectivity index (χ1v) is 9.53. The summed E-state index contributed by atoms with van der Waals surface area (Å²) in [6.07, 6.45) is 3.85. The van der Waals surface area contributed by atoms with Crippen LogP contribution in [0.5, 0.6) is 0 Å². The number of hydrogen-bond acceptors (Lipinski definition) is 2. The van der Waals surface area contributed by atoms with Crippen LogP contribution >= 0.6 is 0 Å². The van der Waals surface area contributed by atoms with Gasteiger partial charge in [-0.15, -0.1) is 0 Å². The molecule has 0 spiro atoms. The smallest absolute Gasteiger partial charge is 0.337 e. The number of carbonyl (C=O) groups excluding carboxylic acids is 1. The maximum atomic E-state index is 11.7. The molecule has 0 N–H and O–H groups in total. The monoisotopic (exact) mass is 346 g/mol. The van der Waals surface area contributed by atoms with E-state index in [1.165, 1.54) is 48.6 Å². The van der Waals surface area contributed by atoms with Crippen molar-refractivity contribution in [1.82, 2.24) is 0 Å². The van der Waals surface area contributed by atoms with Gasteiger partial charge >= 0.3 is 5.97 Å². The molecule has 0 aromatic heterocycles. The quantitative estimate of drug-likeness (QED) is 0.673. The highest BCUT2D eigenvalue weighted by atomic mass is 16.5. The average molecular weight is 346 g/mol. The van der Waals surface area contributed by atoms with Gasteiger partial charge in [-0.1, -0.05) is 61.4 Å². The molecule has 0 radical (unpaired) electrons. The summed E-state index contributed by atoms with van der Waals surface area (Å²) in [6.45, 7) is 4.74. The van der Waals surface area contributed by atoms with E-state index in [-0.39, 0.29) is 11.4 Å². The van der Waals surface area contributed by atoms with E-state index in [0.29, 0.717) is 17.4 Å². The molecule has 2 heteroatoms. The maximum Gasteiger partial charge on any atom is 0.337 e. The highest BCUT2D eigenvalue weighted by Crippen LogP contribution is 2.60. The number of rotatable bonds is 3. The summed E-state index contributed by atoms with van der Waals surface area (Å²) in [5, 5.41) is 0. The van der Waals surface area contributed by atoms with Crippen molar-refractivity contribution in [2.24, 2.45) is 11.8 Å². The first-order valence-electron chi connectivity index (χ1n) is 9.53. The molecule has 2 nitrogen and oxygen atoms in total. The Hall–Kier alpha value is -2.35. The van der Waals surface area contributed by atoms with E-state index in [4.69, 9.17) is 4.74 Å². The first kappa shape index (κ1) is 17.1. The molecular weight excluding hydrogens is 320 g/mol. The van der Waals surface area contributed by atoms with Gasteiger partial charge in [0.05, 0.1) is 12.7 Å². The Labute approximate surface area is 155 Å². The van der Waals surface area contributed by atoms with Crippen molar-refractivity contribution in [3.05, 3.63) is 76.9 Å². The predicted octanol–water partition coefficient (Wildman–Crippen LogP) is 5.63. The number of allylic oxidation sites excluding steroid dienone is 2. The van der Waals surface area contributed by atoms with Gasteiger partial charge in [0.15, 0.2) is 0 Å². The van der Waals surface area contributed by atoms with Crippen LogP contribution in [0.15, 0.2) is 60.2 Å². The highest BCUT2D eigenvalue weighted by Gasteiger charge is 2.51. The molecule has 2 aliphatic rings. The molecule has 26 heavy (non-hydrogen) atoms. The molecular formula is C24H26O2. The lowest BCUT2D eigenvalue weighted by atomic mass is 9.69. The minimum atomic E-state index is -0.276. The molecule has 0 saturated heterocycles. The Kier molecular flexibility index (Phi) is 4.22. The number of benzene rings is 2. The molecule has 134 valence electrons. The number of carbonyl (C=O) groups is 1. The third-order valence-corrected chi connectivity index (χ3v) is 6.80. The molecule has 2 aliphatic carbocycles. The summed E-state index contributed by atoms with van der Waals surface area (Å²) >= 11 is 0. The van der Waals surface area contributed by atoms with Crippen LogP contribution < -0.4 is 0 Å². The third-order valence-electron chi connectivity index (χ3n) is 6.80. The molecule has 0 bridgehead atoms. The van der Waals surface area contributed by atoms with Crippen molar-refractivity contribution in [2.45, 2.75) is 38.5 Å². The number of ether oxygens (including phenoxy) is 1. The Morgan fingerprint density at radius 1 is 1.04 bits per heavy atom. The molecule has 2 aromatic rings. The maximum absolute atomic E-state index is 11.7. The van der Waals surface area contributed by atoms with E-state index >= 15 is 0 Å². The summed E-state index contributed by atoms with van der Waals surface area (Å²) in [4.78, 5) is 11.7. The zero-order chi connectivity index (χ0) is 18.3. The van der Waals surface area contributed by atoms with Crippen LogP contribution in [0.2, 0.25) is 0 Å². The van der Waals surface area contributed by atoms with Crippen LogP contribution in [0.4, 0.5) is 0 Å². The number of fused-ring (bicyclic) bond motifs is 1. The van der Waals surface area contributed by atoms with Gasteiger partial charge in [0.25, 0.3) is 0 Å². The van der Waals surface area contributed by atoms with Gasteiger partial charge in [-0.05, 0) is 60.4 Å². The van der Waals surface area contributed by atoms with E-state index in [0.717, 1.165) is 0 Å². The second-order valence-corrected chi connectivity index (χ2v) is 7.82. The number of methoxy groups -OCH3 is 1. The van der Waals surface area contributed by atoms with Crippen molar-refractivity contribution in [3.8, 4) is 0 Å². The third kappa shape index (κ3) is 2.43. The summed E-state index contributed by atoms with van der Waals surface area (Å²) in [6, 6.07) is 18.9. The Bertz CT molecular complexity index is 848. The Morgan fingerprint density at radius 3 is 2.38 bits per heavy atom. The zero-order valence-corrected chi connectivity index (χ0v) is 15.8. The fourth-order valence-electron chi connectivity index (χ4n) is 5.38. The van der Waals surface area contributed by atoms with Crippen LogP contribution in [-0.2, 0) is 10.2 Å². The molecule has 0 heterocycles. The fourth-order valence-corrected chi connectivity index (χ4v) is 5.38. The molecule has 2 aromatic carbocycles. The van der Waals surface area contributed by atoms with Gasteiger partial charge in [0, 0.05) is 5.41 Å². The fraction of sp³-hybridized carbons (Fsp3) is 0.375. The van der Waals surface area contributed by atoms with Crippen molar-refractivity contribution in [3.63, 3.8) is 0 Å². The van der Waals surface area contributed by atoms with Crippen LogP contribution in [0.25, 0.3) is 5.57 Å². The Balaban J connectivity index is 1.81. The second-order valence-electron chi connectivity index (χ2n) is 7.82. The van der Waals surface area contributed by atoms with Gasteiger partial charge in [0.1, 0.15) is 0 Å². The lowest BCUT2D eigenvalue weighted by Crippen LogP contribution is -2.30. The Morgan fingerprint density at radius 2 is 1.73 bits per heavy atom. The summed E-state index contributed by atoms with van der Waals surface area (Å²) in [7, 11) is 1.42. The molecule has 4 rings (SSSR count). The number of hydrogen-bond donors (Lipinski definition) is 0. The van der Waals surface area contributed by atoms with Gasteiger partial charge in [-0.3, -0.25) is 0 Å². The van der Waals surface area contributed by atoms with E-state index in [1.807, 2.05) is 12.1 Å². The van der Waals surface area contributed by atoms with Crippen LogP contribution in [0.3, 0.4) is 0 Å². The predicted molar refractivity (Wildman–Crippen MR) is 105 cm³/mol. The summed E-state index contributed by atoms with van der Waals surface area (Å²) in [5.74, 6) is 1.01. The lowest BCUT2D eigenvalue weighted by molar-refractivity contribution is 0.0600. The molecule has 1 fully saturated rings. The van der Waals surface area contributed by atoms with E-state index < -0.39 is 0 Å². The lowest BCUT2D eigenvalue weighted by Gasteiger charge is -2.34. The van der Waals surface area contributed by atoms with Crippen LogP contribution in [-0.4, -0.2) is 13.1 Å². The van der Waals surface area contributed by atoms with Gasteiger partial charge in [-0.2, -0.15) is 0 Å². The SMILES string of the molecule is COC(=O)c1ccc(C2=C(C)[C@](C)(c3ccccc3)[C@@H]3CCC[C@H]23)cc1. The topological polar surface area (TPSA) is 26.3 Å². The van der Waals surface area contributed by atoms with Gasteiger partial charge in [-0.25, -0.2) is 4.79 Å². The largest absolute Gasteiger partial charge is 0.465 e. The van der Waals surface area contributed by atoms with E-state index in [2.05, 4.69) is 56.3 Å². The standard InChI is InChI=1S/C24H26O2/c1-16-22(17-12-14-18(15-13-17)23(25)26-3)20-10-7-11-21(20)24(16,2)19-8-5-4-6-9-19/h4-6,8-9,12-15,20-21H,7,10-11H2,1-3H3/t20-,21+,24+/m0/s1. The summed E-state index contributed by atoms with van der Waals surface area (Å²) in [5.41, 5.74) is 6.38. The molecule has 3 atom stereocenters. The van der Waals surface area contributed by atoms with Crippen LogP contribution in [0.1, 0.15) is 54.6 Å². The minimum Gasteiger partial charge on any atom is -0.465 e. The van der Waals surface area contributed by atoms with Gasteiger partial charge in [0.2, 0.25) is 0 Å². The summed E-state index contributed by atoms with van der Waals surface area (Å²) < 4.78 is 4.83. The second kappa shape index (κ2) is 6.42. The highest BCUT2D eigenvalue weighted by molar-refractivity contribution is 5.90. The van der Waals surface area contributed by atoms with Crippen molar-refractivity contribution >= 4 is 11.5 Å². The van der Waals surface area contributed by atoms with Gasteiger partial charge < -0.3 is 4.74 Å². The zero-order valence-electron chi connectivity index (χ0n) is 15.8. The average Bonchev–Trinajstić information content (AvgIpc) is 3.24. The first-order chi connectivity index (χ1) is 12.6. The van der Waals surface area contributed by atoms with Crippen LogP contribution in [0, 0.1) is 11.8 Å². The normalized spacial score (nSPS) is 27.5. The van der Waals surface area contributed by atoms with E-state index in [1.54, 1.807) is 0 Å². The molecule has 0 unspecified atom stereocenters. The van der Waals surface area contributed by atoms with E-state index in [9.17, 15) is 4.79 Å².